The predicted octanol–water partition coefficient (Wildman–Crippen LogP) is -0.320. The van der Waals surface area contributed by atoms with Crippen molar-refractivity contribution in [2.24, 2.45) is 0 Å². The molecule has 0 atom stereocenters. The van der Waals surface area contributed by atoms with Crippen molar-refractivity contribution in [1.82, 2.24) is 4.98 Å². The maximum absolute atomic E-state index is 10.3. The molecule has 0 radical (unpaired) electrons. The van der Waals surface area contributed by atoms with Gasteiger partial charge in [0.05, 0.1) is 0 Å². The average molecular weight is 199 g/mol. The third kappa shape index (κ3) is 3.75. The van der Waals surface area contributed by atoms with Crippen LogP contribution in [0.4, 0.5) is 0 Å². The molecule has 0 unspecified atom stereocenters. The van der Waals surface area contributed by atoms with E-state index in [2.05, 4.69) is 4.98 Å². The minimum absolute atomic E-state index is 0. The van der Waals surface area contributed by atoms with Crippen LogP contribution in [0.15, 0.2) is 29.4 Å². The first-order chi connectivity index (χ1) is 4.61. The molecule has 0 amide bonds. The molecule has 6 heteroatoms. The van der Waals surface area contributed by atoms with Gasteiger partial charge in [-0.05, 0) is 12.1 Å². The monoisotopic (exact) mass is 199 g/mol. The van der Waals surface area contributed by atoms with Crippen molar-refractivity contribution in [1.29, 1.82) is 0 Å². The summed E-state index contributed by atoms with van der Waals surface area (Å²) < 4.78 is 29.1. The van der Waals surface area contributed by atoms with E-state index in [1.54, 1.807) is 6.07 Å². The van der Waals surface area contributed by atoms with Gasteiger partial charge in [-0.15, -0.1) is 0 Å². The summed E-state index contributed by atoms with van der Waals surface area (Å²) in [6.45, 7) is 0. The van der Waals surface area contributed by atoms with Crippen molar-refractivity contribution in [3.63, 3.8) is 0 Å². The second-order valence-corrected chi connectivity index (χ2v) is 3.01. The van der Waals surface area contributed by atoms with E-state index >= 15 is 0 Å². The molecule has 0 bridgehead atoms. The van der Waals surface area contributed by atoms with Gasteiger partial charge in [-0.2, -0.15) is 8.42 Å². The number of pyridine rings is 1. The van der Waals surface area contributed by atoms with Gasteiger partial charge in [-0.1, -0.05) is 6.07 Å². The summed E-state index contributed by atoms with van der Waals surface area (Å²) in [6, 6.07) is 4.26. The molecular formula is C5H6KNO3S. The summed E-state index contributed by atoms with van der Waals surface area (Å²) in [5, 5.41) is -0.324. The fraction of sp³-hybridized carbons (Fsp3) is 0. The Balaban J connectivity index is 0.000001000. The number of hydrogen-bond donors (Lipinski definition) is 1. The Hall–Kier alpha value is 0.696. The van der Waals surface area contributed by atoms with E-state index in [1.165, 1.54) is 18.3 Å². The van der Waals surface area contributed by atoms with E-state index in [0.717, 1.165) is 0 Å². The van der Waals surface area contributed by atoms with Gasteiger partial charge in [0.2, 0.25) is 0 Å². The van der Waals surface area contributed by atoms with E-state index < -0.39 is 10.1 Å². The molecule has 0 spiro atoms. The summed E-state index contributed by atoms with van der Waals surface area (Å²) in [4.78, 5) is 3.41. The molecular weight excluding hydrogens is 193 g/mol. The minimum atomic E-state index is -4.11. The standard InChI is InChI=1S/C5H5NO3S.K.H/c7-10(8,9)5-3-1-2-4-6-5;;/h1-4H,(H,7,8,9);;. The summed E-state index contributed by atoms with van der Waals surface area (Å²) in [5.41, 5.74) is 0. The van der Waals surface area contributed by atoms with Gasteiger partial charge in [0.25, 0.3) is 0 Å². The summed E-state index contributed by atoms with van der Waals surface area (Å²) >= 11 is 0. The van der Waals surface area contributed by atoms with E-state index in [4.69, 9.17) is 4.55 Å². The van der Waals surface area contributed by atoms with Crippen LogP contribution < -0.4 is 0 Å². The van der Waals surface area contributed by atoms with Crippen molar-refractivity contribution in [2.75, 3.05) is 0 Å². The predicted molar refractivity (Wildman–Crippen MR) is 41.2 cm³/mol. The zero-order valence-electron chi connectivity index (χ0n) is 4.93. The van der Waals surface area contributed by atoms with Crippen LogP contribution in [0, 0.1) is 0 Å². The van der Waals surface area contributed by atoms with Crippen molar-refractivity contribution in [3.05, 3.63) is 24.4 Å². The molecule has 1 N–H and O–H groups in total. The molecule has 0 aliphatic carbocycles. The molecule has 0 aromatic carbocycles. The van der Waals surface area contributed by atoms with Crippen LogP contribution in [-0.2, 0) is 10.1 Å². The Morgan fingerprint density at radius 1 is 1.36 bits per heavy atom. The summed E-state index contributed by atoms with van der Waals surface area (Å²) in [7, 11) is -4.11. The van der Waals surface area contributed by atoms with Crippen LogP contribution in [0.5, 0.6) is 0 Å². The molecule has 1 aromatic rings. The molecule has 0 aliphatic heterocycles. The molecule has 1 heterocycles. The summed E-state index contributed by atoms with van der Waals surface area (Å²) in [5.74, 6) is 0. The van der Waals surface area contributed by atoms with E-state index in [9.17, 15) is 8.42 Å². The fourth-order valence-corrected chi connectivity index (χ4v) is 0.944. The topological polar surface area (TPSA) is 67.3 Å². The molecule has 4 nitrogen and oxygen atoms in total. The van der Waals surface area contributed by atoms with Crippen LogP contribution in [0.1, 0.15) is 0 Å². The molecule has 0 fully saturated rings. The number of hydrogen-bond acceptors (Lipinski definition) is 3. The van der Waals surface area contributed by atoms with Crippen LogP contribution in [0.3, 0.4) is 0 Å². The van der Waals surface area contributed by atoms with Crippen LogP contribution in [0.25, 0.3) is 0 Å². The van der Waals surface area contributed by atoms with E-state index in [-0.39, 0.29) is 56.4 Å². The SMILES string of the molecule is O=S(=O)(O)c1ccccn1.[KH]. The average Bonchev–Trinajstić information content (AvgIpc) is 1.88. The van der Waals surface area contributed by atoms with Gasteiger partial charge in [-0.3, -0.25) is 4.55 Å². The Bertz CT molecular complexity index is 310. The Labute approximate surface area is 107 Å². The number of rotatable bonds is 1. The van der Waals surface area contributed by atoms with E-state index in [0.29, 0.717) is 0 Å². The third-order valence-electron chi connectivity index (χ3n) is 0.902. The van der Waals surface area contributed by atoms with Gasteiger partial charge in [-0.25, -0.2) is 4.98 Å². The zero-order valence-corrected chi connectivity index (χ0v) is 5.75. The van der Waals surface area contributed by atoms with Gasteiger partial charge >= 0.3 is 61.5 Å². The molecule has 11 heavy (non-hydrogen) atoms. The summed E-state index contributed by atoms with van der Waals surface area (Å²) in [6.07, 6.45) is 1.29. The van der Waals surface area contributed by atoms with Gasteiger partial charge in [0.1, 0.15) is 0 Å². The first-order valence-electron chi connectivity index (χ1n) is 2.49. The molecule has 1 aromatic heterocycles. The van der Waals surface area contributed by atoms with E-state index in [1.807, 2.05) is 0 Å². The second-order valence-electron chi connectivity index (χ2n) is 1.64. The van der Waals surface area contributed by atoms with Crippen molar-refractivity contribution < 1.29 is 13.0 Å². The van der Waals surface area contributed by atoms with Crippen LogP contribution >= 0.6 is 0 Å². The van der Waals surface area contributed by atoms with Gasteiger partial charge < -0.3 is 0 Å². The Kier molecular flexibility index (Phi) is 4.95. The van der Waals surface area contributed by atoms with Gasteiger partial charge in [0.15, 0.2) is 5.03 Å². The van der Waals surface area contributed by atoms with Gasteiger partial charge in [0, 0.05) is 6.20 Å². The molecule has 56 valence electrons. The first-order valence-corrected chi connectivity index (χ1v) is 3.93. The van der Waals surface area contributed by atoms with Crippen LogP contribution in [0.2, 0.25) is 0 Å². The van der Waals surface area contributed by atoms with Crippen LogP contribution in [-0.4, -0.2) is 69.3 Å². The van der Waals surface area contributed by atoms with Crippen molar-refractivity contribution in [2.45, 2.75) is 5.03 Å². The fourth-order valence-electron chi connectivity index (χ4n) is 0.500. The third-order valence-corrected chi connectivity index (χ3v) is 1.67. The quantitative estimate of drug-likeness (QED) is 0.497. The Morgan fingerprint density at radius 3 is 2.27 bits per heavy atom. The molecule has 0 aliphatic rings. The molecule has 0 saturated carbocycles. The first kappa shape index (κ1) is 11.7. The zero-order chi connectivity index (χ0) is 7.61. The van der Waals surface area contributed by atoms with Crippen molar-refractivity contribution in [3.8, 4) is 0 Å². The number of aromatic nitrogens is 1. The molecule has 0 saturated heterocycles. The Morgan fingerprint density at radius 2 is 2.00 bits per heavy atom. The molecule has 1 rings (SSSR count). The second kappa shape index (κ2) is 4.66. The van der Waals surface area contributed by atoms with Crippen molar-refractivity contribution >= 4 is 61.5 Å². The number of nitrogens with zero attached hydrogens (tertiary/aromatic N) is 1. The normalized spacial score (nSPS) is 10.3. The maximum atomic E-state index is 10.3.